The quantitative estimate of drug-likeness (QED) is 0.583. The highest BCUT2D eigenvalue weighted by Gasteiger charge is 2.33. The van der Waals surface area contributed by atoms with Crippen molar-refractivity contribution < 1.29 is 9.13 Å². The van der Waals surface area contributed by atoms with Crippen molar-refractivity contribution in [2.75, 3.05) is 24.6 Å². The standard InChI is InChI=1S/C28H31FN4O/c1-17(2)33-9-10-34-28-23(20-5-6-20)13-21(14-25(28)33)27-24(29)16-31-26(32-27)12-18-3-4-19-7-8-30-15-22(19)11-18/h3-4,11,13-14,16-17,20,30H,5-10,12,15H2,1-2H3. The zero-order valence-corrected chi connectivity index (χ0v) is 19.9. The van der Waals surface area contributed by atoms with E-state index in [0.717, 1.165) is 61.5 Å². The van der Waals surface area contributed by atoms with E-state index in [1.807, 2.05) is 0 Å². The van der Waals surface area contributed by atoms with Crippen LogP contribution in [0.5, 0.6) is 5.75 Å². The second kappa shape index (κ2) is 8.66. The molecule has 6 rings (SSSR count). The Hall–Kier alpha value is -2.99. The van der Waals surface area contributed by atoms with Crippen LogP contribution in [0, 0.1) is 5.82 Å². The van der Waals surface area contributed by atoms with Crippen LogP contribution in [0.25, 0.3) is 11.3 Å². The zero-order chi connectivity index (χ0) is 23.2. The van der Waals surface area contributed by atoms with Crippen molar-refractivity contribution in [1.82, 2.24) is 15.3 Å². The Morgan fingerprint density at radius 2 is 2.06 bits per heavy atom. The van der Waals surface area contributed by atoms with Gasteiger partial charge in [-0.3, -0.25) is 0 Å². The monoisotopic (exact) mass is 458 g/mol. The van der Waals surface area contributed by atoms with Crippen LogP contribution in [-0.4, -0.2) is 35.7 Å². The molecule has 0 amide bonds. The van der Waals surface area contributed by atoms with Crippen molar-refractivity contribution in [1.29, 1.82) is 0 Å². The summed E-state index contributed by atoms with van der Waals surface area (Å²) in [6, 6.07) is 11.1. The lowest BCUT2D eigenvalue weighted by Crippen LogP contribution is -2.38. The number of hydrogen-bond donors (Lipinski definition) is 1. The van der Waals surface area contributed by atoms with Gasteiger partial charge in [0.25, 0.3) is 0 Å². The maximum atomic E-state index is 15.1. The summed E-state index contributed by atoms with van der Waals surface area (Å²) in [5.41, 5.74) is 7.34. The predicted octanol–water partition coefficient (Wildman–Crippen LogP) is 5.00. The molecule has 3 heterocycles. The third-order valence-corrected chi connectivity index (χ3v) is 7.21. The Morgan fingerprint density at radius 3 is 2.88 bits per heavy atom. The summed E-state index contributed by atoms with van der Waals surface area (Å²) in [7, 11) is 0. The van der Waals surface area contributed by atoms with E-state index < -0.39 is 0 Å². The summed E-state index contributed by atoms with van der Waals surface area (Å²) in [5, 5.41) is 3.43. The molecule has 0 atom stereocenters. The highest BCUT2D eigenvalue weighted by Crippen LogP contribution is 2.50. The molecule has 2 aromatic carbocycles. The van der Waals surface area contributed by atoms with E-state index in [9.17, 15) is 0 Å². The molecule has 0 radical (unpaired) electrons. The molecule has 3 aliphatic rings. The fourth-order valence-electron chi connectivity index (χ4n) is 5.26. The molecule has 2 aliphatic heterocycles. The molecule has 0 bridgehead atoms. The maximum Gasteiger partial charge on any atom is 0.167 e. The number of aromatic nitrogens is 2. The number of nitrogens with one attached hydrogen (secondary N) is 1. The minimum absolute atomic E-state index is 0.342. The minimum Gasteiger partial charge on any atom is -0.489 e. The topological polar surface area (TPSA) is 50.3 Å². The second-order valence-corrected chi connectivity index (χ2v) is 10.0. The minimum atomic E-state index is -0.382. The van der Waals surface area contributed by atoms with Crippen LogP contribution in [0.1, 0.15) is 60.7 Å². The Kier molecular flexibility index (Phi) is 5.48. The van der Waals surface area contributed by atoms with Crippen molar-refractivity contribution in [2.45, 2.75) is 58.0 Å². The van der Waals surface area contributed by atoms with Crippen LogP contribution in [-0.2, 0) is 19.4 Å². The van der Waals surface area contributed by atoms with Crippen molar-refractivity contribution in [3.8, 4) is 17.0 Å². The molecule has 0 unspecified atom stereocenters. The van der Waals surface area contributed by atoms with Crippen LogP contribution in [0.2, 0.25) is 0 Å². The number of rotatable bonds is 5. The van der Waals surface area contributed by atoms with Crippen molar-refractivity contribution in [2.24, 2.45) is 0 Å². The number of halogens is 1. The summed E-state index contributed by atoms with van der Waals surface area (Å²) in [6.07, 6.45) is 5.29. The zero-order valence-electron chi connectivity index (χ0n) is 19.9. The number of hydrogen-bond acceptors (Lipinski definition) is 5. The van der Waals surface area contributed by atoms with Crippen LogP contribution < -0.4 is 15.0 Å². The first kappa shape index (κ1) is 21.5. The molecule has 1 saturated carbocycles. The van der Waals surface area contributed by atoms with Gasteiger partial charge in [0.15, 0.2) is 5.82 Å². The molecule has 1 aromatic heterocycles. The van der Waals surface area contributed by atoms with Gasteiger partial charge in [0.1, 0.15) is 23.9 Å². The van der Waals surface area contributed by atoms with Gasteiger partial charge in [0.2, 0.25) is 0 Å². The van der Waals surface area contributed by atoms with Gasteiger partial charge in [-0.1, -0.05) is 18.2 Å². The van der Waals surface area contributed by atoms with E-state index in [1.54, 1.807) is 0 Å². The lowest BCUT2D eigenvalue weighted by molar-refractivity contribution is 0.300. The van der Waals surface area contributed by atoms with Gasteiger partial charge in [0, 0.05) is 30.1 Å². The fraction of sp³-hybridized carbons (Fsp3) is 0.429. The number of nitrogens with zero attached hydrogens (tertiary/aromatic N) is 3. The van der Waals surface area contributed by atoms with E-state index in [2.05, 4.69) is 59.4 Å². The number of benzene rings is 2. The highest BCUT2D eigenvalue weighted by molar-refractivity contribution is 5.75. The molecular formula is C28H31FN4O. The number of anilines is 1. The normalized spacial score (nSPS) is 17.4. The van der Waals surface area contributed by atoms with Crippen molar-refractivity contribution >= 4 is 5.69 Å². The smallest absolute Gasteiger partial charge is 0.167 e. The Morgan fingerprint density at radius 1 is 1.18 bits per heavy atom. The van der Waals surface area contributed by atoms with Crippen LogP contribution >= 0.6 is 0 Å². The molecule has 1 fully saturated rings. The van der Waals surface area contributed by atoms with Crippen molar-refractivity contribution in [3.05, 3.63) is 70.4 Å². The Balaban J connectivity index is 1.38. The largest absolute Gasteiger partial charge is 0.489 e. The first-order chi connectivity index (χ1) is 16.6. The molecular weight excluding hydrogens is 427 g/mol. The third-order valence-electron chi connectivity index (χ3n) is 7.21. The number of fused-ring (bicyclic) bond motifs is 2. The fourth-order valence-corrected chi connectivity index (χ4v) is 5.26. The van der Waals surface area contributed by atoms with E-state index in [0.29, 0.717) is 36.5 Å². The van der Waals surface area contributed by atoms with Gasteiger partial charge in [-0.15, -0.1) is 0 Å². The van der Waals surface area contributed by atoms with Crippen molar-refractivity contribution in [3.63, 3.8) is 0 Å². The summed E-state index contributed by atoms with van der Waals surface area (Å²) in [5.74, 6) is 1.73. The van der Waals surface area contributed by atoms with E-state index in [-0.39, 0.29) is 5.82 Å². The maximum absolute atomic E-state index is 15.1. The summed E-state index contributed by atoms with van der Waals surface area (Å²) < 4.78 is 21.2. The average Bonchev–Trinajstić information content (AvgIpc) is 3.69. The predicted molar refractivity (Wildman–Crippen MR) is 132 cm³/mol. The number of ether oxygens (including phenoxy) is 1. The third kappa shape index (κ3) is 4.05. The molecule has 34 heavy (non-hydrogen) atoms. The van der Waals surface area contributed by atoms with Crippen LogP contribution in [0.15, 0.2) is 36.5 Å². The molecule has 5 nitrogen and oxygen atoms in total. The lowest BCUT2D eigenvalue weighted by atomic mass is 9.97. The molecule has 1 aliphatic carbocycles. The lowest BCUT2D eigenvalue weighted by Gasteiger charge is -2.36. The molecule has 3 aromatic rings. The highest BCUT2D eigenvalue weighted by atomic mass is 19.1. The van der Waals surface area contributed by atoms with Gasteiger partial charge in [-0.05, 0) is 74.4 Å². The van der Waals surface area contributed by atoms with E-state index in [4.69, 9.17) is 9.72 Å². The average molecular weight is 459 g/mol. The van der Waals surface area contributed by atoms with E-state index >= 15 is 4.39 Å². The molecule has 6 heteroatoms. The first-order valence-electron chi connectivity index (χ1n) is 12.5. The van der Waals surface area contributed by atoms with Gasteiger partial charge < -0.3 is 15.0 Å². The van der Waals surface area contributed by atoms with Gasteiger partial charge in [-0.2, -0.15) is 0 Å². The summed E-state index contributed by atoms with van der Waals surface area (Å²) in [4.78, 5) is 11.4. The Bertz CT molecular complexity index is 1240. The van der Waals surface area contributed by atoms with Gasteiger partial charge >= 0.3 is 0 Å². The van der Waals surface area contributed by atoms with Crippen LogP contribution in [0.3, 0.4) is 0 Å². The van der Waals surface area contributed by atoms with Crippen LogP contribution in [0.4, 0.5) is 10.1 Å². The molecule has 0 saturated heterocycles. The van der Waals surface area contributed by atoms with Gasteiger partial charge in [0.05, 0.1) is 18.4 Å². The first-order valence-corrected chi connectivity index (χ1v) is 12.5. The van der Waals surface area contributed by atoms with E-state index in [1.165, 1.54) is 22.9 Å². The molecule has 0 spiro atoms. The Labute approximate surface area is 200 Å². The molecule has 176 valence electrons. The summed E-state index contributed by atoms with van der Waals surface area (Å²) >= 11 is 0. The van der Waals surface area contributed by atoms with Gasteiger partial charge in [-0.25, -0.2) is 14.4 Å². The second-order valence-electron chi connectivity index (χ2n) is 10.0. The summed E-state index contributed by atoms with van der Waals surface area (Å²) in [6.45, 7) is 7.83. The SMILES string of the molecule is CC(C)N1CCOc2c(C3CC3)cc(-c3nc(Cc4ccc5c(c4)CNCC5)ncc3F)cc21. The molecule has 1 N–H and O–H groups in total.